The van der Waals surface area contributed by atoms with Gasteiger partial charge in [-0.25, -0.2) is 4.68 Å². The summed E-state index contributed by atoms with van der Waals surface area (Å²) in [7, 11) is 0. The zero-order valence-corrected chi connectivity index (χ0v) is 15.2. The lowest BCUT2D eigenvalue weighted by Gasteiger charge is -2.26. The Hall–Kier alpha value is -2.13. The molecule has 0 aliphatic heterocycles. The molecule has 1 amide bonds. The highest BCUT2D eigenvalue weighted by atomic mass is 35.5. The van der Waals surface area contributed by atoms with Crippen molar-refractivity contribution < 1.29 is 18.0 Å². The number of hydrogen-bond acceptors (Lipinski definition) is 4. The van der Waals surface area contributed by atoms with Crippen LogP contribution in [0, 0.1) is 0 Å². The molecule has 0 saturated heterocycles. The molecule has 144 valence electrons. The fraction of sp³-hybridized carbons (Fsp3) is 0.438. The van der Waals surface area contributed by atoms with Gasteiger partial charge < -0.3 is 11.1 Å². The maximum atomic E-state index is 13.1. The number of halogens is 4. The van der Waals surface area contributed by atoms with E-state index in [2.05, 4.69) is 15.6 Å². The zero-order valence-electron chi connectivity index (χ0n) is 14.4. The molecule has 3 N–H and O–H groups in total. The van der Waals surface area contributed by atoms with Crippen LogP contribution >= 0.6 is 12.4 Å². The van der Waals surface area contributed by atoms with Crippen LogP contribution < -0.4 is 11.1 Å². The van der Waals surface area contributed by atoms with E-state index in [1.807, 2.05) is 13.8 Å². The lowest BCUT2D eigenvalue weighted by molar-refractivity contribution is -0.137. The number of aromatic nitrogens is 3. The highest BCUT2D eigenvalue weighted by Gasteiger charge is 2.34. The SMILES string of the molecule is CCC(N)(CC)CNC(=O)c1cn(-c2ccccc2C(F)(F)F)nn1.Cl. The molecule has 0 fully saturated rings. The first-order chi connectivity index (χ1) is 11.7. The number of carbonyl (C=O) groups is 1. The molecule has 0 bridgehead atoms. The Morgan fingerprint density at radius 1 is 1.23 bits per heavy atom. The maximum absolute atomic E-state index is 13.1. The predicted octanol–water partition coefficient (Wildman–Crippen LogP) is 2.96. The van der Waals surface area contributed by atoms with E-state index >= 15 is 0 Å². The van der Waals surface area contributed by atoms with Gasteiger partial charge in [0.1, 0.15) is 0 Å². The summed E-state index contributed by atoms with van der Waals surface area (Å²) >= 11 is 0. The van der Waals surface area contributed by atoms with Crippen LogP contribution in [0.15, 0.2) is 30.5 Å². The van der Waals surface area contributed by atoms with Crippen molar-refractivity contribution in [1.29, 1.82) is 0 Å². The summed E-state index contributed by atoms with van der Waals surface area (Å²) in [5.41, 5.74) is 4.44. The monoisotopic (exact) mass is 391 g/mol. The quantitative estimate of drug-likeness (QED) is 0.792. The second-order valence-corrected chi connectivity index (χ2v) is 5.82. The largest absolute Gasteiger partial charge is 0.418 e. The van der Waals surface area contributed by atoms with Crippen molar-refractivity contribution in [2.24, 2.45) is 5.73 Å². The number of para-hydroxylation sites is 1. The van der Waals surface area contributed by atoms with E-state index in [1.165, 1.54) is 18.2 Å². The molecular weight excluding hydrogens is 371 g/mol. The maximum Gasteiger partial charge on any atom is 0.418 e. The molecule has 0 aliphatic rings. The molecule has 6 nitrogen and oxygen atoms in total. The van der Waals surface area contributed by atoms with Crippen molar-refractivity contribution in [2.75, 3.05) is 6.54 Å². The number of nitrogens with zero attached hydrogens (tertiary/aromatic N) is 3. The molecule has 0 radical (unpaired) electrons. The molecule has 0 atom stereocenters. The Labute approximate surface area is 155 Å². The van der Waals surface area contributed by atoms with Crippen LogP contribution in [-0.2, 0) is 6.18 Å². The van der Waals surface area contributed by atoms with Crippen LogP contribution in [0.3, 0.4) is 0 Å². The molecule has 1 heterocycles. The minimum absolute atomic E-state index is 0. The minimum atomic E-state index is -4.54. The first-order valence-corrected chi connectivity index (χ1v) is 7.86. The fourth-order valence-corrected chi connectivity index (χ4v) is 2.25. The summed E-state index contributed by atoms with van der Waals surface area (Å²) in [6, 6.07) is 4.95. The summed E-state index contributed by atoms with van der Waals surface area (Å²) < 4.78 is 40.2. The normalized spacial score (nSPS) is 11.8. The Balaban J connectivity index is 0.00000338. The third-order valence-electron chi connectivity index (χ3n) is 4.19. The van der Waals surface area contributed by atoms with Crippen molar-refractivity contribution >= 4 is 18.3 Å². The van der Waals surface area contributed by atoms with Crippen LogP contribution in [-0.4, -0.2) is 33.0 Å². The average Bonchev–Trinajstić information content (AvgIpc) is 3.08. The van der Waals surface area contributed by atoms with E-state index in [0.29, 0.717) is 12.8 Å². The number of nitrogens with one attached hydrogen (secondary N) is 1. The van der Waals surface area contributed by atoms with E-state index in [0.717, 1.165) is 16.9 Å². The van der Waals surface area contributed by atoms with Gasteiger partial charge in [-0.1, -0.05) is 31.2 Å². The second-order valence-electron chi connectivity index (χ2n) is 5.82. The van der Waals surface area contributed by atoms with Gasteiger partial charge in [-0.05, 0) is 25.0 Å². The number of benzene rings is 1. The molecule has 0 spiro atoms. The van der Waals surface area contributed by atoms with Gasteiger partial charge in [0.25, 0.3) is 5.91 Å². The van der Waals surface area contributed by atoms with Crippen molar-refractivity contribution in [3.05, 3.63) is 41.7 Å². The van der Waals surface area contributed by atoms with Gasteiger partial charge in [0.2, 0.25) is 0 Å². The molecule has 10 heteroatoms. The first kappa shape index (κ1) is 21.9. The molecule has 2 aromatic rings. The summed E-state index contributed by atoms with van der Waals surface area (Å²) in [4.78, 5) is 12.1. The van der Waals surface area contributed by atoms with Gasteiger partial charge in [-0.3, -0.25) is 4.79 Å². The lowest BCUT2D eigenvalue weighted by atomic mass is 9.94. The number of rotatable bonds is 6. The number of carbonyl (C=O) groups excluding carboxylic acids is 1. The van der Waals surface area contributed by atoms with E-state index in [9.17, 15) is 18.0 Å². The molecule has 2 rings (SSSR count). The summed E-state index contributed by atoms with van der Waals surface area (Å²) in [6.07, 6.45) is -2.02. The van der Waals surface area contributed by atoms with Crippen LogP contribution in [0.4, 0.5) is 13.2 Å². The van der Waals surface area contributed by atoms with Crippen molar-refractivity contribution in [2.45, 2.75) is 38.4 Å². The van der Waals surface area contributed by atoms with Gasteiger partial charge in [-0.2, -0.15) is 13.2 Å². The van der Waals surface area contributed by atoms with Crippen molar-refractivity contribution in [3.63, 3.8) is 0 Å². The van der Waals surface area contributed by atoms with Crippen molar-refractivity contribution in [1.82, 2.24) is 20.3 Å². The third-order valence-corrected chi connectivity index (χ3v) is 4.19. The molecule has 0 saturated carbocycles. The van der Waals surface area contributed by atoms with Crippen LogP contribution in [0.1, 0.15) is 42.7 Å². The molecule has 26 heavy (non-hydrogen) atoms. The number of alkyl halides is 3. The fourth-order valence-electron chi connectivity index (χ4n) is 2.25. The number of nitrogens with two attached hydrogens (primary N) is 1. The smallest absolute Gasteiger partial charge is 0.349 e. The van der Waals surface area contributed by atoms with E-state index in [1.54, 1.807) is 0 Å². The van der Waals surface area contributed by atoms with Crippen molar-refractivity contribution in [3.8, 4) is 5.69 Å². The predicted molar refractivity (Wildman–Crippen MR) is 93.4 cm³/mol. The number of amides is 1. The van der Waals surface area contributed by atoms with Gasteiger partial charge >= 0.3 is 6.18 Å². The third kappa shape index (κ3) is 4.95. The van der Waals surface area contributed by atoms with E-state index in [-0.39, 0.29) is 30.3 Å². The summed E-state index contributed by atoms with van der Waals surface area (Å²) in [6.45, 7) is 4.07. The lowest BCUT2D eigenvalue weighted by Crippen LogP contribution is -2.49. The number of hydrogen-bond donors (Lipinski definition) is 2. The molecular formula is C16H21ClF3N5O. The van der Waals surface area contributed by atoms with Crippen LogP contribution in [0.5, 0.6) is 0 Å². The highest BCUT2D eigenvalue weighted by molar-refractivity contribution is 5.92. The molecule has 0 unspecified atom stereocenters. The second kappa shape index (κ2) is 8.50. The standard InChI is InChI=1S/C16H20F3N5O.ClH/c1-3-15(20,4-2)10-21-14(25)12-9-24(23-22-12)13-8-6-5-7-11(13)16(17,18)19;/h5-9H,3-4,10,20H2,1-2H3,(H,21,25);1H. The van der Waals surface area contributed by atoms with Gasteiger partial charge in [-0.15, -0.1) is 17.5 Å². The zero-order chi connectivity index (χ0) is 18.7. The Bertz CT molecular complexity index is 743. The highest BCUT2D eigenvalue weighted by Crippen LogP contribution is 2.33. The minimum Gasteiger partial charge on any atom is -0.349 e. The van der Waals surface area contributed by atoms with Crippen LogP contribution in [0.25, 0.3) is 5.69 Å². The van der Waals surface area contributed by atoms with E-state index < -0.39 is 23.2 Å². The topological polar surface area (TPSA) is 85.8 Å². The van der Waals surface area contributed by atoms with Gasteiger partial charge in [0.05, 0.1) is 17.4 Å². The molecule has 1 aromatic carbocycles. The Morgan fingerprint density at radius 3 is 2.42 bits per heavy atom. The van der Waals surface area contributed by atoms with Gasteiger partial charge in [0.15, 0.2) is 5.69 Å². The first-order valence-electron chi connectivity index (χ1n) is 7.86. The summed E-state index contributed by atoms with van der Waals surface area (Å²) in [5.74, 6) is -0.535. The van der Waals surface area contributed by atoms with E-state index in [4.69, 9.17) is 5.73 Å². The van der Waals surface area contributed by atoms with Gasteiger partial charge in [0, 0.05) is 12.1 Å². The average molecular weight is 392 g/mol. The summed E-state index contributed by atoms with van der Waals surface area (Å²) in [5, 5.41) is 9.95. The molecule has 0 aliphatic carbocycles. The van der Waals surface area contributed by atoms with Crippen LogP contribution in [0.2, 0.25) is 0 Å². The molecule has 1 aromatic heterocycles. The Kier molecular flexibility index (Phi) is 7.16. The Morgan fingerprint density at radius 2 is 1.85 bits per heavy atom.